The number of hydrogen-bond donors (Lipinski definition) is 3. The molecule has 0 aromatic heterocycles. The van der Waals surface area contributed by atoms with Crippen LogP contribution >= 0.6 is 95.6 Å². The standard InChI is InChI=1S/C55H89Br6N3O20/c1-17-18-74-19-20-75-21-22-76-23-24-77-25-26-78-36-55(27-62-37(65)52(14,30-79-40(68)46(2,3)56)31-80-41(69)47(4,5)57,28-63-38(66)53(15,32-81-42(70)48(6,7)58)33-82-43(71)49(8,9)59)29-64-39(67)54(16,34-83-44(72)50(10,11)60)35-84-45(73)51(12,13)61/h17H,1,18-36H2,2-16H3,(H,62,65)(H,63,66)(H,64,67). The molecule has 0 heterocycles. The van der Waals surface area contributed by atoms with E-state index in [2.05, 4.69) is 118 Å². The number of carbonyl (C=O) groups excluding carboxylic acids is 9. The van der Waals surface area contributed by atoms with E-state index in [-0.39, 0.29) is 33.0 Å². The van der Waals surface area contributed by atoms with E-state index in [0.29, 0.717) is 33.0 Å². The molecule has 0 atom stereocenters. The number of rotatable bonds is 43. The maximum absolute atomic E-state index is 14.8. The normalized spacial score (nSPS) is 13.0. The lowest BCUT2D eigenvalue weighted by Gasteiger charge is -2.38. The number of esters is 6. The molecule has 0 unspecified atom stereocenters. The van der Waals surface area contributed by atoms with Crippen LogP contribution in [0.15, 0.2) is 12.7 Å². The number of ether oxygens (including phenoxy) is 11. The van der Waals surface area contributed by atoms with Gasteiger partial charge < -0.3 is 68.1 Å². The van der Waals surface area contributed by atoms with Gasteiger partial charge in [0.05, 0.1) is 66.1 Å². The van der Waals surface area contributed by atoms with Gasteiger partial charge in [0.15, 0.2) is 0 Å². The number of amides is 3. The fraction of sp³-hybridized carbons (Fsp3) is 0.800. The Morgan fingerprint density at radius 1 is 0.321 bits per heavy atom. The first-order valence-electron chi connectivity index (χ1n) is 26.7. The largest absolute Gasteiger partial charge is 0.463 e. The molecule has 3 amide bonds. The van der Waals surface area contributed by atoms with Gasteiger partial charge in [-0.25, -0.2) is 0 Å². The summed E-state index contributed by atoms with van der Waals surface area (Å²) in [6, 6.07) is 0. The highest BCUT2D eigenvalue weighted by atomic mass is 79.9. The number of nitrogens with one attached hydrogen (secondary N) is 3. The predicted molar refractivity (Wildman–Crippen MR) is 334 cm³/mol. The van der Waals surface area contributed by atoms with Crippen LogP contribution in [0.1, 0.15) is 104 Å². The molecule has 0 saturated carbocycles. The van der Waals surface area contributed by atoms with Gasteiger partial charge >= 0.3 is 35.8 Å². The van der Waals surface area contributed by atoms with Gasteiger partial charge in [-0.05, 0) is 104 Å². The van der Waals surface area contributed by atoms with Crippen molar-refractivity contribution in [3.63, 3.8) is 0 Å². The average molecular weight is 1590 g/mol. The van der Waals surface area contributed by atoms with Gasteiger partial charge in [-0.15, -0.1) is 6.58 Å². The Bertz CT molecular complexity index is 1880. The molecule has 23 nitrogen and oxygen atoms in total. The zero-order chi connectivity index (χ0) is 65.2. The summed E-state index contributed by atoms with van der Waals surface area (Å²) in [4.78, 5) is 123. The summed E-state index contributed by atoms with van der Waals surface area (Å²) in [5.41, 5.74) is -7.00. The third-order valence-corrected chi connectivity index (χ3v) is 13.6. The molecular weight excluding hydrogens is 1500 g/mol. The van der Waals surface area contributed by atoms with Gasteiger partial charge in [-0.1, -0.05) is 102 Å². The molecule has 0 spiro atoms. The van der Waals surface area contributed by atoms with E-state index in [1.54, 1.807) is 6.08 Å². The summed E-state index contributed by atoms with van der Waals surface area (Å²) < 4.78 is 54.9. The Kier molecular flexibility index (Phi) is 35.3. The quantitative estimate of drug-likeness (QED) is 0.0184. The predicted octanol–water partition coefficient (Wildman–Crippen LogP) is 6.91. The fourth-order valence-corrected chi connectivity index (χ4v) is 6.60. The SMILES string of the molecule is C=CCOCCOCCOCCOCCOCC(CNC(=O)C(C)(COC(=O)C(C)(C)Br)COC(=O)C(C)(C)Br)(CNC(=O)C(C)(COC(=O)C(C)(C)Br)COC(=O)C(C)(C)Br)CNC(=O)C(C)(COC(=O)C(C)(C)Br)COC(=O)C(C)(C)Br. The molecule has 0 aromatic rings. The van der Waals surface area contributed by atoms with Crippen LogP contribution in [-0.4, -0.2) is 205 Å². The molecular formula is C55H89Br6N3O20. The lowest BCUT2D eigenvalue weighted by atomic mass is 9.84. The molecule has 0 aliphatic heterocycles. The first-order chi connectivity index (χ1) is 38.2. The second-order valence-corrected chi connectivity index (χ2v) is 35.7. The Labute approximate surface area is 545 Å². The number of alkyl halides is 6. The van der Waals surface area contributed by atoms with Gasteiger partial charge in [-0.3, -0.25) is 43.2 Å². The van der Waals surface area contributed by atoms with Crippen molar-refractivity contribution < 1.29 is 95.3 Å². The molecule has 0 radical (unpaired) electrons. The molecule has 486 valence electrons. The van der Waals surface area contributed by atoms with E-state index < -0.39 is 160 Å². The Hall–Kier alpha value is -2.35. The Morgan fingerprint density at radius 2 is 0.512 bits per heavy atom. The van der Waals surface area contributed by atoms with E-state index in [0.717, 1.165) is 0 Å². The molecule has 0 aliphatic rings. The summed E-state index contributed by atoms with van der Waals surface area (Å²) in [6.45, 7) is 22.9. The highest BCUT2D eigenvalue weighted by molar-refractivity contribution is 9.11. The molecule has 0 rings (SSSR count). The van der Waals surface area contributed by atoms with E-state index in [4.69, 9.17) is 52.1 Å². The first kappa shape index (κ1) is 81.7. The van der Waals surface area contributed by atoms with Crippen molar-refractivity contribution >= 4 is 149 Å². The van der Waals surface area contributed by atoms with Crippen molar-refractivity contribution in [3.8, 4) is 0 Å². The fourth-order valence-electron chi connectivity index (χ4n) is 5.91. The molecule has 0 fully saturated rings. The van der Waals surface area contributed by atoms with E-state index in [1.165, 1.54) is 104 Å². The number of halogens is 6. The smallest absolute Gasteiger partial charge is 0.322 e. The first-order valence-corrected chi connectivity index (χ1v) is 31.5. The average Bonchev–Trinajstić information content (AvgIpc) is 3.35. The summed E-state index contributed by atoms with van der Waals surface area (Å²) >= 11 is 19.6. The summed E-state index contributed by atoms with van der Waals surface area (Å²) in [6.07, 6.45) is 1.64. The van der Waals surface area contributed by atoms with Gasteiger partial charge in [0.25, 0.3) is 0 Å². The lowest BCUT2D eigenvalue weighted by Crippen LogP contribution is -2.59. The molecule has 84 heavy (non-hydrogen) atoms. The third-order valence-electron chi connectivity index (χ3n) is 11.7. The summed E-state index contributed by atoms with van der Waals surface area (Å²) in [5, 5.41) is 8.55. The maximum atomic E-state index is 14.8. The van der Waals surface area contributed by atoms with Crippen LogP contribution in [0, 0.1) is 21.7 Å². The van der Waals surface area contributed by atoms with Gasteiger partial charge in [-0.2, -0.15) is 0 Å². The van der Waals surface area contributed by atoms with Crippen LogP contribution in [0.3, 0.4) is 0 Å². The molecule has 3 N–H and O–H groups in total. The van der Waals surface area contributed by atoms with Crippen molar-refractivity contribution in [2.24, 2.45) is 21.7 Å². The highest BCUT2D eigenvalue weighted by Crippen LogP contribution is 2.30. The van der Waals surface area contributed by atoms with Crippen LogP contribution in [0.5, 0.6) is 0 Å². The van der Waals surface area contributed by atoms with Crippen molar-refractivity contribution in [2.45, 2.75) is 130 Å². The molecule has 0 saturated heterocycles. The number of hydrogen-bond acceptors (Lipinski definition) is 20. The van der Waals surface area contributed by atoms with Crippen molar-refractivity contribution in [1.29, 1.82) is 0 Å². The van der Waals surface area contributed by atoms with E-state index in [9.17, 15) is 43.2 Å². The third kappa shape index (κ3) is 32.2. The van der Waals surface area contributed by atoms with Gasteiger partial charge in [0.2, 0.25) is 17.7 Å². The van der Waals surface area contributed by atoms with E-state index >= 15 is 0 Å². The monoisotopic (exact) mass is 1590 g/mol. The minimum absolute atomic E-state index is 0.00952. The van der Waals surface area contributed by atoms with Crippen molar-refractivity contribution in [3.05, 3.63) is 12.7 Å². The lowest BCUT2D eigenvalue weighted by molar-refractivity contribution is -0.161. The Balaban J connectivity index is 7.81. The topological polar surface area (TPSA) is 291 Å². The highest BCUT2D eigenvalue weighted by Gasteiger charge is 2.46. The van der Waals surface area contributed by atoms with Crippen LogP contribution in [0.4, 0.5) is 0 Å². The van der Waals surface area contributed by atoms with Crippen LogP contribution < -0.4 is 16.0 Å². The van der Waals surface area contributed by atoms with Gasteiger partial charge in [0, 0.05) is 25.0 Å². The zero-order valence-corrected chi connectivity index (χ0v) is 60.7. The van der Waals surface area contributed by atoms with Crippen LogP contribution in [0.2, 0.25) is 0 Å². The molecule has 0 aliphatic carbocycles. The molecule has 0 bridgehead atoms. The summed E-state index contributed by atoms with van der Waals surface area (Å²) in [7, 11) is 0. The Morgan fingerprint density at radius 3 is 0.702 bits per heavy atom. The van der Waals surface area contributed by atoms with Crippen LogP contribution in [0.25, 0.3) is 0 Å². The minimum atomic E-state index is -1.79. The number of carbonyl (C=O) groups is 9. The second-order valence-electron chi connectivity index (χ2n) is 23.8. The van der Waals surface area contributed by atoms with Crippen molar-refractivity contribution in [2.75, 3.05) is 125 Å². The zero-order valence-electron chi connectivity index (χ0n) is 51.2. The second kappa shape index (κ2) is 36.3. The minimum Gasteiger partial charge on any atom is -0.463 e. The molecule has 0 aromatic carbocycles. The van der Waals surface area contributed by atoms with Crippen LogP contribution in [-0.2, 0) is 95.3 Å². The van der Waals surface area contributed by atoms with E-state index in [1.807, 2.05) is 0 Å². The maximum Gasteiger partial charge on any atom is 0.322 e. The van der Waals surface area contributed by atoms with Crippen molar-refractivity contribution in [1.82, 2.24) is 16.0 Å². The molecule has 29 heteroatoms. The summed E-state index contributed by atoms with van der Waals surface area (Å²) in [5.74, 6) is -6.95. The van der Waals surface area contributed by atoms with Gasteiger partial charge in [0.1, 0.15) is 81.8 Å².